The maximum atomic E-state index is 10.4. The van der Waals surface area contributed by atoms with Crippen molar-refractivity contribution in [2.24, 2.45) is 0 Å². The molecule has 0 saturated carbocycles. The minimum Gasteiger partial charge on any atom is -0.449 e. The second kappa shape index (κ2) is 4.78. The Kier molecular flexibility index (Phi) is 4.28. The first kappa shape index (κ1) is 8.94. The van der Waals surface area contributed by atoms with Crippen LogP contribution in [0, 0.1) is 6.92 Å². The summed E-state index contributed by atoms with van der Waals surface area (Å²) >= 11 is 0. The summed E-state index contributed by atoms with van der Waals surface area (Å²) in [4.78, 5) is 20.6. The Morgan fingerprint density at radius 3 is 2.60 bits per heavy atom. The number of carbonyl (C=O) groups is 2. The fourth-order valence-electron chi connectivity index (χ4n) is 0.345. The monoisotopic (exact) mass is 144 g/mol. The molecule has 0 heterocycles. The van der Waals surface area contributed by atoms with E-state index in [-0.39, 0.29) is 6.61 Å². The van der Waals surface area contributed by atoms with Crippen LogP contribution in [0.25, 0.3) is 0 Å². The van der Waals surface area contributed by atoms with E-state index in [1.54, 1.807) is 0 Å². The van der Waals surface area contributed by atoms with Gasteiger partial charge in [-0.25, -0.2) is 4.79 Å². The summed E-state index contributed by atoms with van der Waals surface area (Å²) in [5, 5.41) is 1.95. The van der Waals surface area contributed by atoms with Crippen molar-refractivity contribution in [1.82, 2.24) is 5.32 Å². The van der Waals surface area contributed by atoms with Crippen LogP contribution in [0.15, 0.2) is 0 Å². The van der Waals surface area contributed by atoms with Crippen molar-refractivity contribution in [2.75, 3.05) is 6.61 Å². The quantitative estimate of drug-likeness (QED) is 0.613. The number of hydrogen-bond donors (Lipinski definition) is 1. The van der Waals surface area contributed by atoms with Gasteiger partial charge >= 0.3 is 6.09 Å². The SMILES string of the molecule is [CH2]CCOC(=O)NC(C)=O. The third-order valence-electron chi connectivity index (χ3n) is 0.656. The predicted molar refractivity (Wildman–Crippen MR) is 35.1 cm³/mol. The lowest BCUT2D eigenvalue weighted by Gasteiger charge is -2.00. The summed E-state index contributed by atoms with van der Waals surface area (Å²) < 4.78 is 4.47. The summed E-state index contributed by atoms with van der Waals surface area (Å²) in [5.41, 5.74) is 0. The number of hydrogen-bond acceptors (Lipinski definition) is 3. The van der Waals surface area contributed by atoms with Crippen LogP contribution >= 0.6 is 0 Å². The zero-order chi connectivity index (χ0) is 7.98. The van der Waals surface area contributed by atoms with E-state index in [1.807, 2.05) is 5.32 Å². The van der Waals surface area contributed by atoms with Crippen molar-refractivity contribution in [2.45, 2.75) is 13.3 Å². The first-order valence-electron chi connectivity index (χ1n) is 2.90. The summed E-state index contributed by atoms with van der Waals surface area (Å²) in [7, 11) is 0. The van der Waals surface area contributed by atoms with Gasteiger partial charge in [-0.2, -0.15) is 0 Å². The Bertz CT molecular complexity index is 133. The van der Waals surface area contributed by atoms with Crippen LogP contribution in [0.2, 0.25) is 0 Å². The van der Waals surface area contributed by atoms with Crippen LogP contribution in [0.4, 0.5) is 4.79 Å². The molecule has 0 aromatic rings. The second-order valence-corrected chi connectivity index (χ2v) is 1.67. The van der Waals surface area contributed by atoms with E-state index < -0.39 is 12.0 Å². The fourth-order valence-corrected chi connectivity index (χ4v) is 0.345. The van der Waals surface area contributed by atoms with Gasteiger partial charge in [-0.05, 0) is 13.3 Å². The third kappa shape index (κ3) is 5.08. The number of imide groups is 1. The number of nitrogens with one attached hydrogen (secondary N) is 1. The number of carbonyl (C=O) groups excluding carboxylic acids is 2. The lowest BCUT2D eigenvalue weighted by Crippen LogP contribution is -2.28. The van der Waals surface area contributed by atoms with E-state index >= 15 is 0 Å². The molecule has 0 unspecified atom stereocenters. The standard InChI is InChI=1S/C6H10NO3/c1-3-4-10-6(9)7-5(2)8/h1,3-4H2,2H3,(H,7,8,9). The normalized spacial score (nSPS) is 8.60. The zero-order valence-electron chi connectivity index (χ0n) is 5.85. The molecule has 2 amide bonds. The van der Waals surface area contributed by atoms with Gasteiger partial charge in [0.2, 0.25) is 5.91 Å². The molecule has 0 aliphatic heterocycles. The minimum atomic E-state index is -0.712. The molecule has 0 aromatic heterocycles. The summed E-state index contributed by atoms with van der Waals surface area (Å²) in [5.74, 6) is -0.422. The molecule has 1 radical (unpaired) electrons. The summed E-state index contributed by atoms with van der Waals surface area (Å²) in [6.07, 6.45) is -0.207. The highest BCUT2D eigenvalue weighted by atomic mass is 16.5. The Balaban J connectivity index is 3.35. The van der Waals surface area contributed by atoms with Crippen molar-refractivity contribution in [1.29, 1.82) is 0 Å². The van der Waals surface area contributed by atoms with Gasteiger partial charge < -0.3 is 4.74 Å². The Morgan fingerprint density at radius 2 is 2.20 bits per heavy atom. The van der Waals surface area contributed by atoms with E-state index in [0.717, 1.165) is 0 Å². The van der Waals surface area contributed by atoms with Crippen LogP contribution < -0.4 is 5.32 Å². The molecule has 0 aliphatic carbocycles. The highest BCUT2D eigenvalue weighted by Gasteiger charge is 2.01. The lowest BCUT2D eigenvalue weighted by molar-refractivity contribution is -0.118. The van der Waals surface area contributed by atoms with Crippen LogP contribution in [-0.4, -0.2) is 18.6 Å². The summed E-state index contributed by atoms with van der Waals surface area (Å²) in [6, 6.07) is 0. The molecule has 57 valence electrons. The van der Waals surface area contributed by atoms with Crippen LogP contribution in [-0.2, 0) is 9.53 Å². The lowest BCUT2D eigenvalue weighted by atomic mass is 10.5. The van der Waals surface area contributed by atoms with Crippen LogP contribution in [0.5, 0.6) is 0 Å². The molecule has 10 heavy (non-hydrogen) atoms. The molecule has 0 bridgehead atoms. The number of ether oxygens (including phenoxy) is 1. The van der Waals surface area contributed by atoms with Crippen molar-refractivity contribution >= 4 is 12.0 Å². The molecular formula is C6H10NO3. The van der Waals surface area contributed by atoms with Gasteiger partial charge in [-0.1, -0.05) is 0 Å². The number of amides is 2. The van der Waals surface area contributed by atoms with Gasteiger partial charge in [0.25, 0.3) is 0 Å². The zero-order valence-corrected chi connectivity index (χ0v) is 5.85. The molecule has 1 N–H and O–H groups in total. The van der Waals surface area contributed by atoms with Crippen LogP contribution in [0.1, 0.15) is 13.3 Å². The largest absolute Gasteiger partial charge is 0.449 e. The number of alkyl carbamates (subject to hydrolysis) is 1. The Labute approximate surface area is 59.6 Å². The van der Waals surface area contributed by atoms with Gasteiger partial charge in [0.05, 0.1) is 6.61 Å². The summed E-state index contributed by atoms with van der Waals surface area (Å²) in [6.45, 7) is 4.92. The highest BCUT2D eigenvalue weighted by molar-refractivity contribution is 5.90. The molecule has 0 aliphatic rings. The van der Waals surface area contributed by atoms with E-state index in [1.165, 1.54) is 6.92 Å². The molecule has 0 spiro atoms. The fraction of sp³-hybridized carbons (Fsp3) is 0.500. The molecule has 4 nitrogen and oxygen atoms in total. The Hall–Kier alpha value is -1.06. The van der Waals surface area contributed by atoms with E-state index in [4.69, 9.17) is 0 Å². The van der Waals surface area contributed by atoms with Gasteiger partial charge in [-0.3, -0.25) is 10.1 Å². The molecule has 4 heteroatoms. The van der Waals surface area contributed by atoms with E-state index in [9.17, 15) is 9.59 Å². The molecule has 0 rings (SSSR count). The van der Waals surface area contributed by atoms with Gasteiger partial charge in [0.15, 0.2) is 0 Å². The predicted octanol–water partition coefficient (Wildman–Crippen LogP) is 0.483. The van der Waals surface area contributed by atoms with Crippen molar-refractivity contribution in [3.05, 3.63) is 6.92 Å². The molecule has 0 fully saturated rings. The smallest absolute Gasteiger partial charge is 0.413 e. The maximum absolute atomic E-state index is 10.4. The first-order valence-corrected chi connectivity index (χ1v) is 2.90. The minimum absolute atomic E-state index is 0.235. The van der Waals surface area contributed by atoms with Crippen molar-refractivity contribution in [3.8, 4) is 0 Å². The van der Waals surface area contributed by atoms with Crippen molar-refractivity contribution < 1.29 is 14.3 Å². The van der Waals surface area contributed by atoms with Crippen molar-refractivity contribution in [3.63, 3.8) is 0 Å². The second-order valence-electron chi connectivity index (χ2n) is 1.67. The maximum Gasteiger partial charge on any atom is 0.413 e. The first-order chi connectivity index (χ1) is 4.66. The molecular weight excluding hydrogens is 134 g/mol. The van der Waals surface area contributed by atoms with Gasteiger partial charge in [0, 0.05) is 6.92 Å². The average Bonchev–Trinajstić information content (AvgIpc) is 1.82. The highest BCUT2D eigenvalue weighted by Crippen LogP contribution is 1.80. The Morgan fingerprint density at radius 1 is 1.60 bits per heavy atom. The number of rotatable bonds is 2. The van der Waals surface area contributed by atoms with Crippen LogP contribution in [0.3, 0.4) is 0 Å². The van der Waals surface area contributed by atoms with E-state index in [0.29, 0.717) is 6.42 Å². The third-order valence-corrected chi connectivity index (χ3v) is 0.656. The van der Waals surface area contributed by atoms with E-state index in [2.05, 4.69) is 11.7 Å². The van der Waals surface area contributed by atoms with Gasteiger partial charge in [-0.15, -0.1) is 0 Å². The molecule has 0 saturated heterocycles. The topological polar surface area (TPSA) is 55.4 Å². The molecule has 0 aromatic carbocycles. The molecule has 0 atom stereocenters. The average molecular weight is 144 g/mol. The van der Waals surface area contributed by atoms with Gasteiger partial charge in [0.1, 0.15) is 0 Å².